The number of nitrogens with zero attached hydrogens (tertiary/aromatic N) is 1. The molecule has 0 spiro atoms. The maximum Gasteiger partial charge on any atom is 0.191 e. The summed E-state index contributed by atoms with van der Waals surface area (Å²) in [5.74, 6) is 0.859. The molecule has 0 saturated heterocycles. The van der Waals surface area contributed by atoms with Crippen molar-refractivity contribution < 1.29 is 4.74 Å². The van der Waals surface area contributed by atoms with Gasteiger partial charge >= 0.3 is 0 Å². The average molecular weight is 309 g/mol. The van der Waals surface area contributed by atoms with Crippen LogP contribution in [0.25, 0.3) is 0 Å². The first kappa shape index (κ1) is 17.9. The fourth-order valence-corrected chi connectivity index (χ4v) is 2.64. The Balaban J connectivity index is 2.37. The molecule has 1 aromatic carbocycles. The monoisotopic (exact) mass is 309 g/mol. The summed E-state index contributed by atoms with van der Waals surface area (Å²) in [7, 11) is 0. The van der Waals surface area contributed by atoms with Crippen LogP contribution in [0.2, 0.25) is 0 Å². The Morgan fingerprint density at radius 3 is 2.67 bits per heavy atom. The van der Waals surface area contributed by atoms with Crippen molar-refractivity contribution >= 4 is 17.7 Å². The molecule has 21 heavy (non-hydrogen) atoms. The lowest BCUT2D eigenvalue weighted by Gasteiger charge is -2.13. The van der Waals surface area contributed by atoms with Crippen LogP contribution in [0.5, 0.6) is 0 Å². The van der Waals surface area contributed by atoms with E-state index in [1.807, 2.05) is 24.8 Å². The molecule has 1 atom stereocenters. The van der Waals surface area contributed by atoms with E-state index in [1.54, 1.807) is 0 Å². The predicted octanol–water partition coefficient (Wildman–Crippen LogP) is 2.76. The van der Waals surface area contributed by atoms with Gasteiger partial charge in [0, 0.05) is 29.8 Å². The molecule has 118 valence electrons. The standard InChI is InChI=1S/C16H27N3OS/c1-4-17-16(18-11-12-20-5-2)19-13-14(3)21-15-9-7-6-8-10-15/h6-10,14H,4-5,11-13H2,1-3H3,(H2,17,18,19). The molecular formula is C16H27N3OS. The largest absolute Gasteiger partial charge is 0.380 e. The maximum atomic E-state index is 5.32. The number of hydrogen-bond donors (Lipinski definition) is 2. The molecule has 0 aromatic heterocycles. The minimum absolute atomic E-state index is 0.440. The van der Waals surface area contributed by atoms with E-state index in [0.29, 0.717) is 11.9 Å². The van der Waals surface area contributed by atoms with E-state index < -0.39 is 0 Å². The minimum Gasteiger partial charge on any atom is -0.380 e. The van der Waals surface area contributed by atoms with Gasteiger partial charge in [-0.3, -0.25) is 4.99 Å². The third kappa shape index (κ3) is 8.63. The Labute approximate surface area is 132 Å². The van der Waals surface area contributed by atoms with Gasteiger partial charge in [0.2, 0.25) is 0 Å². The van der Waals surface area contributed by atoms with Crippen LogP contribution in [0.3, 0.4) is 0 Å². The van der Waals surface area contributed by atoms with Gasteiger partial charge in [0.1, 0.15) is 0 Å². The number of aliphatic imine (C=N–C) groups is 1. The molecule has 0 heterocycles. The SMILES string of the molecule is CCNC(=NCC(C)Sc1ccccc1)NCCOCC. The van der Waals surface area contributed by atoms with Gasteiger partial charge < -0.3 is 15.4 Å². The van der Waals surface area contributed by atoms with Crippen LogP contribution in [0.4, 0.5) is 0 Å². The van der Waals surface area contributed by atoms with Crippen molar-refractivity contribution in [2.45, 2.75) is 30.9 Å². The van der Waals surface area contributed by atoms with E-state index in [2.05, 4.69) is 53.7 Å². The molecule has 1 aromatic rings. The van der Waals surface area contributed by atoms with Crippen LogP contribution in [0.15, 0.2) is 40.2 Å². The molecule has 1 unspecified atom stereocenters. The van der Waals surface area contributed by atoms with Crippen LogP contribution < -0.4 is 10.6 Å². The van der Waals surface area contributed by atoms with Crippen LogP contribution in [-0.2, 0) is 4.74 Å². The van der Waals surface area contributed by atoms with Gasteiger partial charge in [0.15, 0.2) is 5.96 Å². The lowest BCUT2D eigenvalue weighted by molar-refractivity contribution is 0.152. The normalized spacial score (nSPS) is 13.0. The summed E-state index contributed by atoms with van der Waals surface area (Å²) < 4.78 is 5.32. The van der Waals surface area contributed by atoms with E-state index in [0.717, 1.165) is 32.2 Å². The second kappa shape index (κ2) is 11.5. The van der Waals surface area contributed by atoms with Gasteiger partial charge in [0.25, 0.3) is 0 Å². The summed E-state index contributed by atoms with van der Waals surface area (Å²) in [4.78, 5) is 5.91. The fourth-order valence-electron chi connectivity index (χ4n) is 1.72. The molecule has 0 bridgehead atoms. The highest BCUT2D eigenvalue weighted by molar-refractivity contribution is 8.00. The first-order valence-electron chi connectivity index (χ1n) is 7.57. The van der Waals surface area contributed by atoms with E-state index in [4.69, 9.17) is 4.74 Å². The van der Waals surface area contributed by atoms with E-state index in [-0.39, 0.29) is 0 Å². The van der Waals surface area contributed by atoms with Crippen molar-refractivity contribution in [3.05, 3.63) is 30.3 Å². The minimum atomic E-state index is 0.440. The zero-order valence-corrected chi connectivity index (χ0v) is 14.1. The van der Waals surface area contributed by atoms with Gasteiger partial charge in [-0.25, -0.2) is 0 Å². The number of guanidine groups is 1. The van der Waals surface area contributed by atoms with Crippen LogP contribution in [-0.4, -0.2) is 44.1 Å². The summed E-state index contributed by atoms with van der Waals surface area (Å²) in [5, 5.41) is 6.97. The van der Waals surface area contributed by atoms with Gasteiger partial charge in [-0.2, -0.15) is 0 Å². The van der Waals surface area contributed by atoms with Crippen molar-refractivity contribution in [2.24, 2.45) is 4.99 Å². The molecule has 2 N–H and O–H groups in total. The summed E-state index contributed by atoms with van der Waals surface area (Å²) in [6.45, 7) is 10.1. The van der Waals surface area contributed by atoms with Crippen molar-refractivity contribution in [1.29, 1.82) is 0 Å². The molecule has 0 aliphatic heterocycles. The summed E-state index contributed by atoms with van der Waals surface area (Å²) >= 11 is 1.85. The molecule has 5 heteroatoms. The van der Waals surface area contributed by atoms with E-state index in [1.165, 1.54) is 4.90 Å². The number of rotatable bonds is 9. The molecule has 0 saturated carbocycles. The lowest BCUT2D eigenvalue weighted by atomic mass is 10.4. The zero-order valence-electron chi connectivity index (χ0n) is 13.3. The second-order valence-corrected chi connectivity index (χ2v) is 6.10. The number of hydrogen-bond acceptors (Lipinski definition) is 3. The summed E-state index contributed by atoms with van der Waals surface area (Å²) in [6.07, 6.45) is 0. The maximum absolute atomic E-state index is 5.32. The molecular weight excluding hydrogens is 282 g/mol. The van der Waals surface area contributed by atoms with Crippen molar-refractivity contribution in [3.63, 3.8) is 0 Å². The molecule has 0 amide bonds. The average Bonchev–Trinajstić information content (AvgIpc) is 2.50. The van der Waals surface area contributed by atoms with Crippen molar-refractivity contribution in [1.82, 2.24) is 10.6 Å². The Morgan fingerprint density at radius 2 is 2.00 bits per heavy atom. The number of benzene rings is 1. The molecule has 0 aliphatic rings. The van der Waals surface area contributed by atoms with Gasteiger partial charge in [0.05, 0.1) is 13.2 Å². The van der Waals surface area contributed by atoms with E-state index >= 15 is 0 Å². The van der Waals surface area contributed by atoms with Crippen LogP contribution in [0, 0.1) is 0 Å². The predicted molar refractivity (Wildman–Crippen MR) is 92.2 cm³/mol. The fraction of sp³-hybridized carbons (Fsp3) is 0.562. The topological polar surface area (TPSA) is 45.7 Å². The Bertz CT molecular complexity index is 398. The number of nitrogens with one attached hydrogen (secondary N) is 2. The van der Waals surface area contributed by atoms with E-state index in [9.17, 15) is 0 Å². The highest BCUT2D eigenvalue weighted by Gasteiger charge is 2.04. The third-order valence-electron chi connectivity index (χ3n) is 2.67. The van der Waals surface area contributed by atoms with Gasteiger partial charge in [-0.05, 0) is 26.0 Å². The molecule has 0 fully saturated rings. The molecule has 0 radical (unpaired) electrons. The molecule has 1 rings (SSSR count). The number of thioether (sulfide) groups is 1. The van der Waals surface area contributed by atoms with Crippen LogP contribution >= 0.6 is 11.8 Å². The van der Waals surface area contributed by atoms with Gasteiger partial charge in [-0.15, -0.1) is 11.8 Å². The van der Waals surface area contributed by atoms with Crippen molar-refractivity contribution in [2.75, 3.05) is 32.8 Å². The number of ether oxygens (including phenoxy) is 1. The highest BCUT2D eigenvalue weighted by Crippen LogP contribution is 2.22. The first-order chi connectivity index (χ1) is 10.3. The zero-order chi connectivity index (χ0) is 15.3. The summed E-state index contributed by atoms with van der Waals surface area (Å²) in [6, 6.07) is 10.4. The smallest absolute Gasteiger partial charge is 0.191 e. The van der Waals surface area contributed by atoms with Crippen LogP contribution in [0.1, 0.15) is 20.8 Å². The first-order valence-corrected chi connectivity index (χ1v) is 8.45. The Morgan fingerprint density at radius 1 is 1.24 bits per heavy atom. The quantitative estimate of drug-likeness (QED) is 0.319. The van der Waals surface area contributed by atoms with Gasteiger partial charge in [-0.1, -0.05) is 25.1 Å². The third-order valence-corrected chi connectivity index (χ3v) is 3.77. The lowest BCUT2D eigenvalue weighted by Crippen LogP contribution is -2.39. The molecule has 4 nitrogen and oxygen atoms in total. The highest BCUT2D eigenvalue weighted by atomic mass is 32.2. The summed E-state index contributed by atoms with van der Waals surface area (Å²) in [5.41, 5.74) is 0. The van der Waals surface area contributed by atoms with Crippen molar-refractivity contribution in [3.8, 4) is 0 Å². The Kier molecular flexibility index (Phi) is 9.74. The Hall–Kier alpha value is -1.20. The second-order valence-electron chi connectivity index (χ2n) is 4.58. The molecule has 0 aliphatic carbocycles.